The largest absolute Gasteiger partial charge is 0.240 e. The lowest BCUT2D eigenvalue weighted by Crippen LogP contribution is -2.38. The van der Waals surface area contributed by atoms with Gasteiger partial charge >= 0.3 is 0 Å². The Kier molecular flexibility index (Phi) is 2.09. The summed E-state index contributed by atoms with van der Waals surface area (Å²) >= 11 is 3.35. The van der Waals surface area contributed by atoms with Gasteiger partial charge < -0.3 is 0 Å². The van der Waals surface area contributed by atoms with E-state index in [1.165, 1.54) is 0 Å². The van der Waals surface area contributed by atoms with Gasteiger partial charge in [-0.3, -0.25) is 0 Å². The Morgan fingerprint density at radius 2 is 2.12 bits per heavy atom. The van der Waals surface area contributed by atoms with E-state index in [1.54, 1.807) is 4.68 Å². The van der Waals surface area contributed by atoms with Gasteiger partial charge in [0.15, 0.2) is 9.84 Å². The first-order valence-electron chi connectivity index (χ1n) is 4.76. The van der Waals surface area contributed by atoms with Crippen LogP contribution in [-0.4, -0.2) is 34.9 Å². The summed E-state index contributed by atoms with van der Waals surface area (Å²) < 4.78 is 24.9. The normalized spacial score (nSPS) is 19.8. The Hall–Kier alpha value is -0.950. The zero-order chi connectivity index (χ0) is 11.3. The lowest BCUT2D eigenvalue weighted by atomic mass is 10.3. The van der Waals surface area contributed by atoms with Gasteiger partial charge in [-0.25, -0.2) is 13.1 Å². The Balaban J connectivity index is 2.06. The second kappa shape index (κ2) is 3.27. The Morgan fingerprint density at radius 3 is 2.81 bits per heavy atom. The van der Waals surface area contributed by atoms with Crippen LogP contribution in [0, 0.1) is 0 Å². The number of aromatic nitrogens is 3. The predicted molar refractivity (Wildman–Crippen MR) is 62.9 cm³/mol. The van der Waals surface area contributed by atoms with E-state index >= 15 is 0 Å². The van der Waals surface area contributed by atoms with Crippen LogP contribution in [0.15, 0.2) is 22.7 Å². The van der Waals surface area contributed by atoms with Gasteiger partial charge in [0.1, 0.15) is 5.52 Å². The third-order valence-corrected chi connectivity index (χ3v) is 4.95. The molecule has 2 heterocycles. The molecule has 1 saturated heterocycles. The van der Waals surface area contributed by atoms with Crippen LogP contribution >= 0.6 is 15.9 Å². The van der Waals surface area contributed by atoms with Gasteiger partial charge in [0.25, 0.3) is 0 Å². The van der Waals surface area contributed by atoms with Crippen LogP contribution in [0.3, 0.4) is 0 Å². The molecule has 0 N–H and O–H groups in total. The number of rotatable bonds is 1. The molecule has 0 atom stereocenters. The molecule has 16 heavy (non-hydrogen) atoms. The number of nitrogens with zero attached hydrogens (tertiary/aromatic N) is 3. The van der Waals surface area contributed by atoms with Crippen LogP contribution in [0.25, 0.3) is 11.0 Å². The van der Waals surface area contributed by atoms with Crippen molar-refractivity contribution < 1.29 is 8.42 Å². The fourth-order valence-electron chi connectivity index (χ4n) is 1.86. The Morgan fingerprint density at radius 1 is 1.38 bits per heavy atom. The van der Waals surface area contributed by atoms with Crippen LogP contribution in [0.1, 0.15) is 6.04 Å². The fraction of sp³-hybridized carbons (Fsp3) is 0.333. The molecular weight excluding hydrogens is 294 g/mol. The highest BCUT2D eigenvalue weighted by Gasteiger charge is 2.36. The second-order valence-corrected chi connectivity index (χ2v) is 6.97. The van der Waals surface area contributed by atoms with Crippen molar-refractivity contribution in [3.05, 3.63) is 22.7 Å². The summed E-state index contributed by atoms with van der Waals surface area (Å²) in [7, 11) is -2.83. The highest BCUT2D eigenvalue weighted by molar-refractivity contribution is 9.10. The molecule has 0 saturated carbocycles. The van der Waals surface area contributed by atoms with Crippen LogP contribution in [0.4, 0.5) is 0 Å². The molecule has 0 amide bonds. The third kappa shape index (κ3) is 1.54. The standard InChI is InChI=1S/C9H8BrN3O2S/c10-6-1-2-9-8(3-6)11-12-13(9)7-4-16(14,15)5-7/h1-3,7H,4-5H2. The van der Waals surface area contributed by atoms with E-state index < -0.39 is 9.84 Å². The van der Waals surface area contributed by atoms with Gasteiger partial charge in [-0.05, 0) is 18.2 Å². The minimum Gasteiger partial charge on any atom is -0.240 e. The molecule has 1 fully saturated rings. The summed E-state index contributed by atoms with van der Waals surface area (Å²) in [5.74, 6) is 0.336. The van der Waals surface area contributed by atoms with E-state index in [2.05, 4.69) is 26.2 Å². The first-order chi connectivity index (χ1) is 7.55. The fourth-order valence-corrected chi connectivity index (χ4v) is 3.57. The molecule has 1 aromatic heterocycles. The quantitative estimate of drug-likeness (QED) is 0.793. The zero-order valence-corrected chi connectivity index (χ0v) is 10.6. The monoisotopic (exact) mass is 301 g/mol. The first kappa shape index (κ1) is 10.2. The molecule has 0 radical (unpaired) electrons. The number of benzene rings is 1. The van der Waals surface area contributed by atoms with Crippen molar-refractivity contribution in [3.8, 4) is 0 Å². The topological polar surface area (TPSA) is 64.8 Å². The lowest BCUT2D eigenvalue weighted by molar-refractivity contribution is 0.474. The minimum atomic E-state index is -2.83. The molecule has 84 valence electrons. The SMILES string of the molecule is O=S1(=O)CC(n2nnc3cc(Br)ccc32)C1. The van der Waals surface area contributed by atoms with Crippen molar-refractivity contribution in [1.82, 2.24) is 15.0 Å². The van der Waals surface area contributed by atoms with Crippen LogP contribution < -0.4 is 0 Å². The van der Waals surface area contributed by atoms with Crippen LogP contribution in [0.5, 0.6) is 0 Å². The Bertz CT molecular complexity index is 652. The minimum absolute atomic E-state index is 0.0591. The van der Waals surface area contributed by atoms with E-state index in [4.69, 9.17) is 0 Å². The molecule has 1 aliphatic heterocycles. The first-order valence-corrected chi connectivity index (χ1v) is 7.37. The maximum Gasteiger partial charge on any atom is 0.154 e. The van der Waals surface area contributed by atoms with Crippen molar-refractivity contribution in [3.63, 3.8) is 0 Å². The molecule has 0 unspecified atom stereocenters. The summed E-state index contributed by atoms with van der Waals surface area (Å²) in [6.07, 6.45) is 0. The van der Waals surface area contributed by atoms with E-state index in [-0.39, 0.29) is 17.5 Å². The average molecular weight is 302 g/mol. The van der Waals surface area contributed by atoms with Gasteiger partial charge in [0.05, 0.1) is 23.1 Å². The molecule has 1 aliphatic rings. The van der Waals surface area contributed by atoms with E-state index in [9.17, 15) is 8.42 Å². The lowest BCUT2D eigenvalue weighted by Gasteiger charge is -2.25. The number of hydrogen-bond acceptors (Lipinski definition) is 4. The Labute approximate surface area is 100 Å². The number of hydrogen-bond donors (Lipinski definition) is 0. The summed E-state index contributed by atoms with van der Waals surface area (Å²) in [5, 5.41) is 8.02. The maximum absolute atomic E-state index is 11.1. The van der Waals surface area contributed by atoms with Crippen LogP contribution in [0.2, 0.25) is 0 Å². The predicted octanol–water partition coefficient (Wildman–Crippen LogP) is 1.16. The van der Waals surface area contributed by atoms with Gasteiger partial charge in [-0.2, -0.15) is 0 Å². The van der Waals surface area contributed by atoms with Crippen molar-refractivity contribution >= 4 is 36.8 Å². The van der Waals surface area contributed by atoms with Gasteiger partial charge in [-0.15, -0.1) is 5.10 Å². The second-order valence-electron chi connectivity index (χ2n) is 3.90. The maximum atomic E-state index is 11.1. The molecule has 7 heteroatoms. The summed E-state index contributed by atoms with van der Waals surface area (Å²) in [6, 6.07) is 5.60. The molecule has 0 spiro atoms. The van der Waals surface area contributed by atoms with Crippen molar-refractivity contribution in [1.29, 1.82) is 0 Å². The molecule has 0 bridgehead atoms. The van der Waals surface area contributed by atoms with Crippen molar-refractivity contribution in [2.45, 2.75) is 6.04 Å². The summed E-state index contributed by atoms with van der Waals surface area (Å²) in [5.41, 5.74) is 1.65. The van der Waals surface area contributed by atoms with Gasteiger partial charge in [0, 0.05) is 4.47 Å². The van der Waals surface area contributed by atoms with Crippen molar-refractivity contribution in [2.75, 3.05) is 11.5 Å². The van der Waals surface area contributed by atoms with Gasteiger partial charge in [0.2, 0.25) is 0 Å². The molecule has 3 rings (SSSR count). The molecular formula is C9H8BrN3O2S. The van der Waals surface area contributed by atoms with Crippen molar-refractivity contribution in [2.24, 2.45) is 0 Å². The summed E-state index contributed by atoms with van der Waals surface area (Å²) in [4.78, 5) is 0. The number of sulfone groups is 1. The van der Waals surface area contributed by atoms with Gasteiger partial charge in [-0.1, -0.05) is 21.1 Å². The molecule has 2 aromatic rings. The average Bonchev–Trinajstić information content (AvgIpc) is 2.56. The van der Waals surface area contributed by atoms with Crippen LogP contribution in [-0.2, 0) is 9.84 Å². The third-order valence-electron chi connectivity index (χ3n) is 2.67. The molecule has 0 aliphatic carbocycles. The highest BCUT2D eigenvalue weighted by Crippen LogP contribution is 2.27. The number of halogens is 1. The highest BCUT2D eigenvalue weighted by atomic mass is 79.9. The molecule has 1 aromatic carbocycles. The zero-order valence-electron chi connectivity index (χ0n) is 8.17. The van der Waals surface area contributed by atoms with E-state index in [1.807, 2.05) is 18.2 Å². The summed E-state index contributed by atoms with van der Waals surface area (Å²) in [6.45, 7) is 0. The van der Waals surface area contributed by atoms with E-state index in [0.29, 0.717) is 0 Å². The smallest absolute Gasteiger partial charge is 0.154 e. The number of fused-ring (bicyclic) bond motifs is 1. The van der Waals surface area contributed by atoms with E-state index in [0.717, 1.165) is 15.5 Å². The molecule has 5 nitrogen and oxygen atoms in total.